The number of amides is 2. The number of alkyl carbamates (subject to hydrolysis) is 1. The summed E-state index contributed by atoms with van der Waals surface area (Å²) < 4.78 is 54.4. The summed E-state index contributed by atoms with van der Waals surface area (Å²) in [6.45, 7) is 11.9. The Morgan fingerprint density at radius 3 is 2.05 bits per heavy atom. The monoisotopic (exact) mass is 540 g/mol. The number of nitrogens with one attached hydrogen (secondary N) is 1. The SMILES string of the molecule is C=C1C(CC)(c2ccccc2)C2C(C(=O)OC(N)=O)C2(CC)C1(NC(=O)OC(C)(C)C)C(=O)OC(F)(F)F. The van der Waals surface area contributed by atoms with E-state index in [4.69, 9.17) is 10.5 Å². The predicted octanol–water partition coefficient (Wildman–Crippen LogP) is 4.50. The highest BCUT2D eigenvalue weighted by Gasteiger charge is 2.91. The Balaban J connectivity index is 2.36. The molecular weight excluding hydrogens is 509 g/mol. The molecule has 0 aromatic heterocycles. The van der Waals surface area contributed by atoms with Gasteiger partial charge in [-0.1, -0.05) is 50.8 Å². The van der Waals surface area contributed by atoms with E-state index >= 15 is 0 Å². The molecule has 5 atom stereocenters. The summed E-state index contributed by atoms with van der Waals surface area (Å²) in [5, 5.41) is 2.34. The van der Waals surface area contributed by atoms with Gasteiger partial charge in [0.1, 0.15) is 5.60 Å². The minimum absolute atomic E-state index is 0.103. The van der Waals surface area contributed by atoms with Gasteiger partial charge in [-0.15, -0.1) is 13.2 Å². The fourth-order valence-electron chi connectivity index (χ4n) is 6.57. The van der Waals surface area contributed by atoms with Crippen molar-refractivity contribution >= 4 is 24.1 Å². The first kappa shape index (κ1) is 29.0. The molecule has 2 amide bonds. The Kier molecular flexibility index (Phi) is 7.11. The zero-order valence-corrected chi connectivity index (χ0v) is 21.7. The molecule has 2 aliphatic rings. The van der Waals surface area contributed by atoms with Crippen LogP contribution in [0.5, 0.6) is 0 Å². The molecule has 0 radical (unpaired) electrons. The number of esters is 2. The van der Waals surface area contributed by atoms with Gasteiger partial charge in [0.25, 0.3) is 0 Å². The van der Waals surface area contributed by atoms with Crippen molar-refractivity contribution in [3.8, 4) is 0 Å². The number of alkyl halides is 3. The lowest BCUT2D eigenvalue weighted by atomic mass is 9.65. The summed E-state index contributed by atoms with van der Waals surface area (Å²) >= 11 is 0. The lowest BCUT2D eigenvalue weighted by Gasteiger charge is -2.43. The summed E-state index contributed by atoms with van der Waals surface area (Å²) in [6.07, 6.45) is -8.01. The number of hydrogen-bond donors (Lipinski definition) is 2. The van der Waals surface area contributed by atoms with Crippen LogP contribution in [0.25, 0.3) is 0 Å². The van der Waals surface area contributed by atoms with Crippen LogP contribution in [0.2, 0.25) is 0 Å². The molecule has 0 heterocycles. The van der Waals surface area contributed by atoms with Crippen LogP contribution in [0.3, 0.4) is 0 Å². The second-order valence-corrected chi connectivity index (χ2v) is 10.5. The van der Waals surface area contributed by atoms with Gasteiger partial charge >= 0.3 is 30.5 Å². The highest BCUT2D eigenvalue weighted by Crippen LogP contribution is 2.82. The zero-order chi connectivity index (χ0) is 28.9. The molecule has 3 N–H and O–H groups in total. The number of carbonyl (C=O) groups is 4. The van der Waals surface area contributed by atoms with Crippen molar-refractivity contribution in [2.24, 2.45) is 23.0 Å². The van der Waals surface area contributed by atoms with E-state index < -0.39 is 64.3 Å². The van der Waals surface area contributed by atoms with Gasteiger partial charge in [-0.25, -0.2) is 14.4 Å². The number of nitrogens with two attached hydrogens (primary N) is 1. The van der Waals surface area contributed by atoms with E-state index in [9.17, 15) is 32.3 Å². The second-order valence-electron chi connectivity index (χ2n) is 10.5. The van der Waals surface area contributed by atoms with Gasteiger partial charge in [-0.2, -0.15) is 0 Å². The second kappa shape index (κ2) is 9.32. The molecule has 1 aromatic carbocycles. The molecule has 2 saturated carbocycles. The van der Waals surface area contributed by atoms with E-state index in [0.29, 0.717) is 5.56 Å². The molecule has 208 valence electrons. The van der Waals surface area contributed by atoms with Crippen molar-refractivity contribution in [3.63, 3.8) is 0 Å². The van der Waals surface area contributed by atoms with E-state index in [1.54, 1.807) is 44.2 Å². The van der Waals surface area contributed by atoms with Crippen molar-refractivity contribution in [1.29, 1.82) is 0 Å². The maximum atomic E-state index is 13.6. The Morgan fingerprint density at radius 2 is 1.61 bits per heavy atom. The standard InChI is InChI=1S/C26H31F3N2O7/c1-7-23(15-12-10-9-11-13-15)14(3)25(19(33)37-26(27,28)29,31-21(35)38-22(4,5)6)24(8-2)16(17(23)24)18(32)36-20(30)34/h9-13,16-17H,3,7-8H2,1-2,4-6H3,(H2,30,34)(H,31,35). The average Bonchev–Trinajstić information content (AvgIpc) is 3.42. The third-order valence-corrected chi connectivity index (χ3v) is 7.64. The number of halogens is 3. The lowest BCUT2D eigenvalue weighted by Crippen LogP contribution is -2.64. The molecule has 1 aromatic rings. The molecular formula is C26H31F3N2O7. The van der Waals surface area contributed by atoms with Crippen molar-refractivity contribution in [3.05, 3.63) is 48.0 Å². The fourth-order valence-corrected chi connectivity index (χ4v) is 6.57. The Labute approximate surface area is 217 Å². The van der Waals surface area contributed by atoms with E-state index in [1.165, 1.54) is 20.8 Å². The molecule has 0 saturated heterocycles. The predicted molar refractivity (Wildman–Crippen MR) is 127 cm³/mol. The van der Waals surface area contributed by atoms with Gasteiger partial charge in [0.2, 0.25) is 0 Å². The normalized spacial score (nSPS) is 30.2. The summed E-state index contributed by atoms with van der Waals surface area (Å²) in [6, 6.07) is 8.45. The summed E-state index contributed by atoms with van der Waals surface area (Å²) in [7, 11) is 0. The smallest absolute Gasteiger partial charge is 0.444 e. The summed E-state index contributed by atoms with van der Waals surface area (Å²) in [4.78, 5) is 51.3. The number of primary amides is 1. The van der Waals surface area contributed by atoms with Gasteiger partial charge in [0.05, 0.1) is 5.92 Å². The van der Waals surface area contributed by atoms with Gasteiger partial charge in [0.15, 0.2) is 5.54 Å². The van der Waals surface area contributed by atoms with Crippen molar-refractivity contribution in [2.75, 3.05) is 0 Å². The number of hydrogen-bond acceptors (Lipinski definition) is 7. The van der Waals surface area contributed by atoms with Crippen LogP contribution in [-0.2, 0) is 29.2 Å². The van der Waals surface area contributed by atoms with E-state index in [0.717, 1.165) is 0 Å². The van der Waals surface area contributed by atoms with Gasteiger partial charge in [-0.3, -0.25) is 4.79 Å². The third-order valence-electron chi connectivity index (χ3n) is 7.64. The molecule has 0 bridgehead atoms. The van der Waals surface area contributed by atoms with Crippen molar-refractivity contribution < 1.29 is 46.6 Å². The van der Waals surface area contributed by atoms with Crippen LogP contribution in [0.4, 0.5) is 22.8 Å². The number of benzene rings is 1. The summed E-state index contributed by atoms with van der Waals surface area (Å²) in [5.41, 5.74) is -1.20. The average molecular weight is 541 g/mol. The number of carbonyl (C=O) groups excluding carboxylic acids is 4. The Hall–Kier alpha value is -3.57. The van der Waals surface area contributed by atoms with Crippen LogP contribution < -0.4 is 11.1 Å². The van der Waals surface area contributed by atoms with E-state index in [-0.39, 0.29) is 18.4 Å². The largest absolute Gasteiger partial charge is 0.575 e. The van der Waals surface area contributed by atoms with Crippen LogP contribution in [-0.4, -0.2) is 41.6 Å². The first-order chi connectivity index (χ1) is 17.4. The molecule has 38 heavy (non-hydrogen) atoms. The fraction of sp³-hybridized carbons (Fsp3) is 0.538. The minimum atomic E-state index is -5.42. The molecule has 2 aliphatic carbocycles. The van der Waals surface area contributed by atoms with Gasteiger partial charge in [0, 0.05) is 10.8 Å². The van der Waals surface area contributed by atoms with Crippen LogP contribution in [0.15, 0.2) is 42.5 Å². The third kappa shape index (κ3) is 4.29. The highest BCUT2D eigenvalue weighted by molar-refractivity contribution is 5.99. The number of ether oxygens (including phenoxy) is 3. The lowest BCUT2D eigenvalue weighted by molar-refractivity contribution is -0.309. The number of fused-ring (bicyclic) bond motifs is 1. The maximum absolute atomic E-state index is 13.6. The van der Waals surface area contributed by atoms with Gasteiger partial charge < -0.3 is 25.3 Å². The quantitative estimate of drug-likeness (QED) is 0.235. The molecule has 12 heteroatoms. The molecule has 0 spiro atoms. The topological polar surface area (TPSA) is 134 Å². The number of rotatable bonds is 6. The molecule has 0 aliphatic heterocycles. The zero-order valence-electron chi connectivity index (χ0n) is 21.7. The Bertz CT molecular complexity index is 1160. The van der Waals surface area contributed by atoms with Crippen LogP contribution >= 0.6 is 0 Å². The van der Waals surface area contributed by atoms with E-state index in [2.05, 4.69) is 21.4 Å². The molecule has 5 unspecified atom stereocenters. The van der Waals surface area contributed by atoms with E-state index in [1.807, 2.05) is 0 Å². The van der Waals surface area contributed by atoms with Crippen LogP contribution in [0.1, 0.15) is 53.0 Å². The van der Waals surface area contributed by atoms with Crippen molar-refractivity contribution in [2.45, 2.75) is 70.4 Å². The molecule has 3 rings (SSSR count). The first-order valence-electron chi connectivity index (χ1n) is 12.0. The van der Waals surface area contributed by atoms with Crippen molar-refractivity contribution in [1.82, 2.24) is 5.32 Å². The first-order valence-corrected chi connectivity index (χ1v) is 12.0. The minimum Gasteiger partial charge on any atom is -0.444 e. The molecule has 2 fully saturated rings. The molecule has 9 nitrogen and oxygen atoms in total. The summed E-state index contributed by atoms with van der Waals surface area (Å²) in [5.74, 6) is -5.25. The van der Waals surface area contributed by atoms with Gasteiger partial charge in [-0.05, 0) is 50.7 Å². The Morgan fingerprint density at radius 1 is 1.03 bits per heavy atom. The van der Waals surface area contributed by atoms with Crippen LogP contribution in [0, 0.1) is 17.3 Å². The maximum Gasteiger partial charge on any atom is 0.575 e. The highest BCUT2D eigenvalue weighted by atomic mass is 19.4.